The van der Waals surface area contributed by atoms with Crippen molar-refractivity contribution in [1.29, 1.82) is 0 Å². The first-order chi connectivity index (χ1) is 11.9. The van der Waals surface area contributed by atoms with E-state index in [1.54, 1.807) is 0 Å². The van der Waals surface area contributed by atoms with E-state index in [4.69, 9.17) is 0 Å². The van der Waals surface area contributed by atoms with Crippen LogP contribution in [0.4, 0.5) is 0 Å². The quantitative estimate of drug-likeness (QED) is 0.897. The maximum atomic E-state index is 12.8. The van der Waals surface area contributed by atoms with Crippen LogP contribution in [0.1, 0.15) is 61.7 Å². The standard InChI is InChI=1S/C20H28N4O/c1-20(2,3)18(15-8-5-4-6-9-15)22-19(25)17-11-13-24(23-17)16-10-7-12-21-14-16/h4-6,8-9,11,13,16,18,21H,7,10,12,14H2,1-3H3,(H,22,25). The van der Waals surface area contributed by atoms with Gasteiger partial charge in [0.1, 0.15) is 5.69 Å². The third-order valence-electron chi connectivity index (χ3n) is 4.76. The minimum absolute atomic E-state index is 0.0669. The van der Waals surface area contributed by atoms with E-state index >= 15 is 0 Å². The van der Waals surface area contributed by atoms with Crippen LogP contribution in [0, 0.1) is 5.41 Å². The average molecular weight is 340 g/mol. The summed E-state index contributed by atoms with van der Waals surface area (Å²) in [5, 5.41) is 11.1. The smallest absolute Gasteiger partial charge is 0.272 e. The first kappa shape index (κ1) is 17.7. The van der Waals surface area contributed by atoms with Gasteiger partial charge in [0.2, 0.25) is 0 Å². The predicted octanol–water partition coefficient (Wildman–Crippen LogP) is 3.32. The van der Waals surface area contributed by atoms with E-state index in [1.807, 2.05) is 35.1 Å². The molecule has 2 N–H and O–H groups in total. The number of carbonyl (C=O) groups excluding carboxylic acids is 1. The molecule has 5 heteroatoms. The van der Waals surface area contributed by atoms with Gasteiger partial charge in [-0.1, -0.05) is 51.1 Å². The summed E-state index contributed by atoms with van der Waals surface area (Å²) >= 11 is 0. The molecule has 0 radical (unpaired) electrons. The van der Waals surface area contributed by atoms with Crippen LogP contribution in [-0.2, 0) is 0 Å². The molecule has 0 saturated carbocycles. The Labute approximate surface area is 149 Å². The highest BCUT2D eigenvalue weighted by molar-refractivity contribution is 5.92. The molecule has 3 rings (SSSR count). The normalized spacial score (nSPS) is 19.4. The Bertz CT molecular complexity index is 696. The lowest BCUT2D eigenvalue weighted by Gasteiger charge is -2.31. The van der Waals surface area contributed by atoms with E-state index in [1.165, 1.54) is 0 Å². The number of nitrogens with one attached hydrogen (secondary N) is 2. The number of aromatic nitrogens is 2. The maximum Gasteiger partial charge on any atom is 0.272 e. The van der Waals surface area contributed by atoms with Crippen molar-refractivity contribution in [2.45, 2.75) is 45.7 Å². The van der Waals surface area contributed by atoms with Gasteiger partial charge in [-0.2, -0.15) is 5.10 Å². The van der Waals surface area contributed by atoms with Crippen molar-refractivity contribution in [2.24, 2.45) is 5.41 Å². The predicted molar refractivity (Wildman–Crippen MR) is 99.5 cm³/mol. The fourth-order valence-electron chi connectivity index (χ4n) is 3.37. The van der Waals surface area contributed by atoms with E-state index < -0.39 is 0 Å². The van der Waals surface area contributed by atoms with Crippen LogP contribution in [0.5, 0.6) is 0 Å². The molecule has 1 aliphatic rings. The van der Waals surface area contributed by atoms with Crippen molar-refractivity contribution in [3.05, 3.63) is 53.9 Å². The summed E-state index contributed by atoms with van der Waals surface area (Å²) in [6.45, 7) is 8.39. The van der Waals surface area contributed by atoms with Gasteiger partial charge in [0.25, 0.3) is 5.91 Å². The molecule has 1 amide bonds. The Morgan fingerprint density at radius 1 is 1.28 bits per heavy atom. The minimum Gasteiger partial charge on any atom is -0.343 e. The molecule has 2 heterocycles. The Kier molecular flexibility index (Phi) is 5.23. The van der Waals surface area contributed by atoms with Crippen LogP contribution in [0.25, 0.3) is 0 Å². The lowest BCUT2D eigenvalue weighted by atomic mass is 9.82. The Morgan fingerprint density at radius 2 is 2.04 bits per heavy atom. The van der Waals surface area contributed by atoms with Crippen LogP contribution < -0.4 is 10.6 Å². The summed E-state index contributed by atoms with van der Waals surface area (Å²) < 4.78 is 1.93. The molecule has 2 unspecified atom stereocenters. The Hall–Kier alpha value is -2.14. The van der Waals surface area contributed by atoms with Gasteiger partial charge in [0.15, 0.2) is 0 Å². The highest BCUT2D eigenvalue weighted by Gasteiger charge is 2.29. The summed E-state index contributed by atoms with van der Waals surface area (Å²) in [7, 11) is 0. The van der Waals surface area contributed by atoms with Crippen molar-refractivity contribution in [3.63, 3.8) is 0 Å². The van der Waals surface area contributed by atoms with Crippen LogP contribution >= 0.6 is 0 Å². The minimum atomic E-state index is -0.119. The number of nitrogens with zero attached hydrogens (tertiary/aromatic N) is 2. The molecular weight excluding hydrogens is 312 g/mol. The maximum absolute atomic E-state index is 12.8. The number of carbonyl (C=O) groups is 1. The zero-order valence-corrected chi connectivity index (χ0v) is 15.3. The lowest BCUT2D eigenvalue weighted by Crippen LogP contribution is -2.37. The molecule has 0 aliphatic carbocycles. The molecule has 5 nitrogen and oxygen atoms in total. The third kappa shape index (κ3) is 4.28. The second kappa shape index (κ2) is 7.40. The van der Waals surface area contributed by atoms with Gasteiger partial charge in [-0.15, -0.1) is 0 Å². The summed E-state index contributed by atoms with van der Waals surface area (Å²) in [5.41, 5.74) is 1.50. The zero-order valence-electron chi connectivity index (χ0n) is 15.3. The largest absolute Gasteiger partial charge is 0.343 e. The van der Waals surface area contributed by atoms with Crippen molar-refractivity contribution in [2.75, 3.05) is 13.1 Å². The van der Waals surface area contributed by atoms with Gasteiger partial charge in [-0.25, -0.2) is 0 Å². The van der Waals surface area contributed by atoms with E-state index in [9.17, 15) is 4.79 Å². The molecule has 25 heavy (non-hydrogen) atoms. The molecule has 134 valence electrons. The van der Waals surface area contributed by atoms with Crippen LogP contribution in [0.2, 0.25) is 0 Å². The number of hydrogen-bond acceptors (Lipinski definition) is 3. The van der Waals surface area contributed by atoms with Crippen LogP contribution in [0.3, 0.4) is 0 Å². The summed E-state index contributed by atoms with van der Waals surface area (Å²) in [4.78, 5) is 12.8. The van der Waals surface area contributed by atoms with E-state index in [0.717, 1.165) is 31.5 Å². The van der Waals surface area contributed by atoms with E-state index in [-0.39, 0.29) is 17.4 Å². The van der Waals surface area contributed by atoms with E-state index in [2.05, 4.69) is 48.6 Å². The molecule has 1 aromatic heterocycles. The lowest BCUT2D eigenvalue weighted by molar-refractivity contribution is 0.0895. The summed E-state index contributed by atoms with van der Waals surface area (Å²) in [6.07, 6.45) is 4.16. The van der Waals surface area contributed by atoms with Crippen LogP contribution in [-0.4, -0.2) is 28.8 Å². The molecular formula is C20H28N4O. The van der Waals surface area contributed by atoms with E-state index in [0.29, 0.717) is 11.7 Å². The summed E-state index contributed by atoms with van der Waals surface area (Å²) in [5.74, 6) is -0.119. The molecule has 0 spiro atoms. The molecule has 1 aliphatic heterocycles. The van der Waals surface area contributed by atoms with Gasteiger partial charge >= 0.3 is 0 Å². The molecule has 0 bridgehead atoms. The molecule has 2 aromatic rings. The molecule has 1 saturated heterocycles. The fraction of sp³-hybridized carbons (Fsp3) is 0.500. The third-order valence-corrected chi connectivity index (χ3v) is 4.76. The van der Waals surface area contributed by atoms with Gasteiger partial charge < -0.3 is 10.6 Å². The van der Waals surface area contributed by atoms with Crippen molar-refractivity contribution < 1.29 is 4.79 Å². The Balaban J connectivity index is 1.74. The number of piperidine rings is 1. The van der Waals surface area contributed by atoms with Gasteiger partial charge in [-0.3, -0.25) is 9.48 Å². The van der Waals surface area contributed by atoms with Crippen LogP contribution in [0.15, 0.2) is 42.6 Å². The van der Waals surface area contributed by atoms with Crippen molar-refractivity contribution in [3.8, 4) is 0 Å². The number of benzene rings is 1. The highest BCUT2D eigenvalue weighted by Crippen LogP contribution is 2.32. The first-order valence-corrected chi connectivity index (χ1v) is 9.07. The second-order valence-electron chi connectivity index (χ2n) is 7.86. The van der Waals surface area contributed by atoms with Gasteiger partial charge in [0.05, 0.1) is 12.1 Å². The first-order valence-electron chi connectivity index (χ1n) is 9.07. The summed E-state index contributed by atoms with van der Waals surface area (Å²) in [6, 6.07) is 12.2. The van der Waals surface area contributed by atoms with Crippen molar-refractivity contribution >= 4 is 5.91 Å². The topological polar surface area (TPSA) is 59.0 Å². The second-order valence-corrected chi connectivity index (χ2v) is 7.86. The molecule has 2 atom stereocenters. The Morgan fingerprint density at radius 3 is 2.68 bits per heavy atom. The SMILES string of the molecule is CC(C)(C)C(NC(=O)c1ccn(C2CCCNC2)n1)c1ccccc1. The zero-order chi connectivity index (χ0) is 17.9. The average Bonchev–Trinajstić information content (AvgIpc) is 3.10. The van der Waals surface area contributed by atoms with Gasteiger partial charge in [-0.05, 0) is 36.4 Å². The monoisotopic (exact) mass is 340 g/mol. The van der Waals surface area contributed by atoms with Gasteiger partial charge in [0, 0.05) is 12.7 Å². The number of hydrogen-bond donors (Lipinski definition) is 2. The highest BCUT2D eigenvalue weighted by atomic mass is 16.2. The number of rotatable bonds is 4. The van der Waals surface area contributed by atoms with Crippen molar-refractivity contribution in [1.82, 2.24) is 20.4 Å². The molecule has 1 aromatic carbocycles. The fourth-order valence-corrected chi connectivity index (χ4v) is 3.37. The molecule has 1 fully saturated rings. The number of amides is 1.